The van der Waals surface area contributed by atoms with Gasteiger partial charge in [-0.3, -0.25) is 14.4 Å². The molecule has 0 rings (SSSR count). The van der Waals surface area contributed by atoms with Crippen molar-refractivity contribution in [3.63, 3.8) is 0 Å². The fourth-order valence-electron chi connectivity index (χ4n) is 10.3. The third-order valence-corrected chi connectivity index (χ3v) is 15.4. The molecule has 0 saturated heterocycles. The Morgan fingerprint density at radius 2 is 0.474 bits per heavy atom. The summed E-state index contributed by atoms with van der Waals surface area (Å²) in [6, 6.07) is 0. The number of hydrogen-bond donors (Lipinski definition) is 0. The standard InChI is InChI=1S/C70H130O6/c1-4-7-10-13-16-19-22-24-26-28-30-32-33-34-35-36-37-39-40-42-44-46-48-51-54-57-60-63-69(72)75-66-67(65-74-68(71)62-59-56-53-50-21-18-15-12-9-6-3)76-70(73)64-61-58-55-52-49-47-45-43-41-38-31-29-27-25-23-20-17-14-11-8-5-2/h22,24,28,30,33-34,67H,4-21,23,25-27,29,31-32,35-66H2,1-3H3/b24-22-,30-28-,34-33-. The van der Waals surface area contributed by atoms with Crippen LogP contribution in [0, 0.1) is 0 Å². The van der Waals surface area contributed by atoms with Gasteiger partial charge in [0.2, 0.25) is 0 Å². The van der Waals surface area contributed by atoms with Crippen LogP contribution in [0.4, 0.5) is 0 Å². The molecule has 6 nitrogen and oxygen atoms in total. The average molecular weight is 1070 g/mol. The largest absolute Gasteiger partial charge is 0.462 e. The molecule has 0 aliphatic carbocycles. The Morgan fingerprint density at radius 3 is 0.737 bits per heavy atom. The molecule has 0 aliphatic heterocycles. The first kappa shape index (κ1) is 73.6. The van der Waals surface area contributed by atoms with Crippen molar-refractivity contribution < 1.29 is 28.6 Å². The number of rotatable bonds is 63. The van der Waals surface area contributed by atoms with Crippen LogP contribution in [0.2, 0.25) is 0 Å². The molecule has 0 bridgehead atoms. The molecule has 0 aromatic rings. The van der Waals surface area contributed by atoms with E-state index in [0.29, 0.717) is 19.3 Å². The molecule has 0 amide bonds. The maximum Gasteiger partial charge on any atom is 0.306 e. The minimum absolute atomic E-state index is 0.0666. The number of carbonyl (C=O) groups excluding carboxylic acids is 3. The predicted octanol–water partition coefficient (Wildman–Crippen LogP) is 23.2. The van der Waals surface area contributed by atoms with Gasteiger partial charge in [0.25, 0.3) is 0 Å². The molecule has 0 heterocycles. The summed E-state index contributed by atoms with van der Waals surface area (Å²) in [4.78, 5) is 38.3. The van der Waals surface area contributed by atoms with E-state index in [-0.39, 0.29) is 31.1 Å². The summed E-state index contributed by atoms with van der Waals surface area (Å²) in [5.74, 6) is -0.843. The summed E-state index contributed by atoms with van der Waals surface area (Å²) >= 11 is 0. The van der Waals surface area contributed by atoms with Crippen LogP contribution >= 0.6 is 0 Å². The molecular weight excluding hydrogens is 937 g/mol. The monoisotopic (exact) mass is 1070 g/mol. The zero-order chi connectivity index (χ0) is 55.0. The SMILES string of the molecule is CCCCCCC/C=C\C/C=C\C/C=C\CCCCCCCCCCCCCCC(=O)OCC(COC(=O)CCCCCCCCCCCC)OC(=O)CCCCCCCCCCCCCCCCCCCCCCC. The van der Waals surface area contributed by atoms with Gasteiger partial charge in [0.05, 0.1) is 0 Å². The number of hydrogen-bond acceptors (Lipinski definition) is 6. The highest BCUT2D eigenvalue weighted by atomic mass is 16.6. The molecule has 0 N–H and O–H groups in total. The van der Waals surface area contributed by atoms with E-state index >= 15 is 0 Å². The highest BCUT2D eigenvalue weighted by molar-refractivity contribution is 5.71. The van der Waals surface area contributed by atoms with Gasteiger partial charge in [0.1, 0.15) is 13.2 Å². The molecule has 6 heteroatoms. The van der Waals surface area contributed by atoms with Crippen molar-refractivity contribution in [2.45, 2.75) is 380 Å². The molecule has 446 valence electrons. The molecule has 0 radical (unpaired) electrons. The Hall–Kier alpha value is -2.37. The maximum absolute atomic E-state index is 12.9. The number of esters is 3. The average Bonchev–Trinajstić information content (AvgIpc) is 3.42. The summed E-state index contributed by atoms with van der Waals surface area (Å²) in [5.41, 5.74) is 0. The van der Waals surface area contributed by atoms with Gasteiger partial charge in [-0.05, 0) is 57.8 Å². The first-order valence-electron chi connectivity index (χ1n) is 34.0. The van der Waals surface area contributed by atoms with Crippen LogP contribution in [0.25, 0.3) is 0 Å². The van der Waals surface area contributed by atoms with Gasteiger partial charge in [0, 0.05) is 19.3 Å². The van der Waals surface area contributed by atoms with Gasteiger partial charge in [-0.25, -0.2) is 0 Å². The van der Waals surface area contributed by atoms with Crippen LogP contribution in [0.5, 0.6) is 0 Å². The highest BCUT2D eigenvalue weighted by Gasteiger charge is 2.19. The summed E-state index contributed by atoms with van der Waals surface area (Å²) < 4.78 is 16.9. The molecule has 0 aromatic heterocycles. The van der Waals surface area contributed by atoms with Crippen LogP contribution < -0.4 is 0 Å². The third kappa shape index (κ3) is 62.5. The molecule has 0 spiro atoms. The Bertz CT molecular complexity index is 1270. The normalized spacial score (nSPS) is 12.2. The lowest BCUT2D eigenvalue weighted by atomic mass is 10.0. The molecule has 0 saturated carbocycles. The van der Waals surface area contributed by atoms with Crippen molar-refractivity contribution in [1.29, 1.82) is 0 Å². The summed E-state index contributed by atoms with van der Waals surface area (Å²) in [7, 11) is 0. The quantitative estimate of drug-likeness (QED) is 0.0261. The van der Waals surface area contributed by atoms with Crippen LogP contribution in [0.3, 0.4) is 0 Å². The Balaban J connectivity index is 4.17. The Labute approximate surface area is 474 Å². The second-order valence-electron chi connectivity index (χ2n) is 23.1. The van der Waals surface area contributed by atoms with Crippen molar-refractivity contribution in [2.24, 2.45) is 0 Å². The van der Waals surface area contributed by atoms with E-state index < -0.39 is 6.10 Å². The van der Waals surface area contributed by atoms with Crippen molar-refractivity contribution in [3.8, 4) is 0 Å². The van der Waals surface area contributed by atoms with Gasteiger partial charge < -0.3 is 14.2 Å². The van der Waals surface area contributed by atoms with Gasteiger partial charge in [-0.1, -0.05) is 333 Å². The van der Waals surface area contributed by atoms with Crippen LogP contribution in [-0.2, 0) is 28.6 Å². The lowest BCUT2D eigenvalue weighted by molar-refractivity contribution is -0.167. The van der Waals surface area contributed by atoms with Gasteiger partial charge >= 0.3 is 17.9 Å². The molecule has 0 fully saturated rings. The number of allylic oxidation sites excluding steroid dienone is 6. The highest BCUT2D eigenvalue weighted by Crippen LogP contribution is 2.18. The van der Waals surface area contributed by atoms with Crippen molar-refractivity contribution in [1.82, 2.24) is 0 Å². The lowest BCUT2D eigenvalue weighted by Gasteiger charge is -2.18. The second kappa shape index (κ2) is 65.2. The molecule has 1 unspecified atom stereocenters. The van der Waals surface area contributed by atoms with Crippen LogP contribution in [0.15, 0.2) is 36.5 Å². The Morgan fingerprint density at radius 1 is 0.263 bits per heavy atom. The van der Waals surface area contributed by atoms with Gasteiger partial charge in [-0.15, -0.1) is 0 Å². The zero-order valence-corrected chi connectivity index (χ0v) is 51.3. The number of unbranched alkanes of at least 4 members (excludes halogenated alkanes) is 46. The van der Waals surface area contributed by atoms with E-state index in [2.05, 4.69) is 57.2 Å². The molecule has 0 aliphatic rings. The minimum Gasteiger partial charge on any atom is -0.462 e. The summed E-state index contributed by atoms with van der Waals surface area (Å²) in [5, 5.41) is 0. The van der Waals surface area contributed by atoms with Crippen LogP contribution in [0.1, 0.15) is 374 Å². The van der Waals surface area contributed by atoms with Crippen molar-refractivity contribution >= 4 is 17.9 Å². The van der Waals surface area contributed by atoms with E-state index in [9.17, 15) is 14.4 Å². The minimum atomic E-state index is -0.768. The second-order valence-corrected chi connectivity index (χ2v) is 23.1. The van der Waals surface area contributed by atoms with Crippen LogP contribution in [-0.4, -0.2) is 37.2 Å². The molecular formula is C70H130O6. The smallest absolute Gasteiger partial charge is 0.306 e. The first-order chi connectivity index (χ1) is 37.5. The summed E-state index contributed by atoms with van der Waals surface area (Å²) in [6.07, 6.45) is 80.3. The third-order valence-electron chi connectivity index (χ3n) is 15.4. The Kier molecular flexibility index (Phi) is 63.1. The lowest BCUT2D eigenvalue weighted by Crippen LogP contribution is -2.30. The van der Waals surface area contributed by atoms with Crippen molar-refractivity contribution in [3.05, 3.63) is 36.5 Å². The topological polar surface area (TPSA) is 78.9 Å². The molecule has 76 heavy (non-hydrogen) atoms. The maximum atomic E-state index is 12.9. The molecule has 0 aromatic carbocycles. The van der Waals surface area contributed by atoms with Gasteiger partial charge in [-0.2, -0.15) is 0 Å². The fourth-order valence-corrected chi connectivity index (χ4v) is 10.3. The molecule has 1 atom stereocenters. The van der Waals surface area contributed by atoms with E-state index in [1.807, 2.05) is 0 Å². The number of carbonyl (C=O) groups is 3. The van der Waals surface area contributed by atoms with E-state index in [1.54, 1.807) is 0 Å². The fraction of sp³-hybridized carbons (Fsp3) is 0.871. The van der Waals surface area contributed by atoms with Crippen molar-refractivity contribution in [2.75, 3.05) is 13.2 Å². The van der Waals surface area contributed by atoms with Gasteiger partial charge in [0.15, 0.2) is 6.10 Å². The predicted molar refractivity (Wildman–Crippen MR) is 330 cm³/mol. The first-order valence-corrected chi connectivity index (χ1v) is 34.0. The summed E-state index contributed by atoms with van der Waals surface area (Å²) in [6.45, 7) is 6.68. The van der Waals surface area contributed by atoms with E-state index in [4.69, 9.17) is 14.2 Å². The van der Waals surface area contributed by atoms with E-state index in [0.717, 1.165) is 70.6 Å². The number of ether oxygens (including phenoxy) is 3. The van der Waals surface area contributed by atoms with E-state index in [1.165, 1.54) is 263 Å². The zero-order valence-electron chi connectivity index (χ0n) is 51.3.